The lowest BCUT2D eigenvalue weighted by atomic mass is 10.2. The van der Waals surface area contributed by atoms with Crippen molar-refractivity contribution >= 4 is 11.5 Å². The maximum atomic E-state index is 5.34. The fourth-order valence-electron chi connectivity index (χ4n) is 1.92. The zero-order chi connectivity index (χ0) is 12.1. The van der Waals surface area contributed by atoms with Gasteiger partial charge in [-0.05, 0) is 25.4 Å². The number of nitrogens with zero attached hydrogens (tertiary/aromatic N) is 3. The highest BCUT2D eigenvalue weighted by Gasteiger charge is 2.13. The molecule has 17 heavy (non-hydrogen) atoms. The van der Waals surface area contributed by atoms with Gasteiger partial charge in [-0.15, -0.1) is 5.10 Å². The second-order valence-electron chi connectivity index (χ2n) is 4.48. The van der Waals surface area contributed by atoms with Crippen LogP contribution in [0.15, 0.2) is 0 Å². The molecule has 0 saturated carbocycles. The molecule has 0 bridgehead atoms. The molecule has 1 aliphatic rings. The van der Waals surface area contributed by atoms with Crippen molar-refractivity contribution in [3.63, 3.8) is 0 Å². The van der Waals surface area contributed by atoms with Crippen LogP contribution in [-0.2, 0) is 11.3 Å². The van der Waals surface area contributed by atoms with Gasteiger partial charge < -0.3 is 10.1 Å². The number of hydrogen-bond acceptors (Lipinski definition) is 6. The van der Waals surface area contributed by atoms with Gasteiger partial charge >= 0.3 is 0 Å². The summed E-state index contributed by atoms with van der Waals surface area (Å²) in [7, 11) is 0. The van der Waals surface area contributed by atoms with Gasteiger partial charge in [0, 0.05) is 32.2 Å². The smallest absolute Gasteiger partial charge is 0.0769 e. The lowest BCUT2D eigenvalue weighted by molar-refractivity contribution is 0.0343. The summed E-state index contributed by atoms with van der Waals surface area (Å²) in [5, 5.41) is 7.53. The first-order valence-electron chi connectivity index (χ1n) is 6.07. The van der Waals surface area contributed by atoms with Crippen molar-refractivity contribution in [2.75, 3.05) is 32.8 Å². The first-order chi connectivity index (χ1) is 8.25. The molecule has 1 unspecified atom stereocenters. The van der Waals surface area contributed by atoms with E-state index in [9.17, 15) is 0 Å². The van der Waals surface area contributed by atoms with Crippen molar-refractivity contribution in [1.82, 2.24) is 19.8 Å². The van der Waals surface area contributed by atoms with Crippen molar-refractivity contribution in [2.45, 2.75) is 26.4 Å². The standard InChI is InChI=1S/C11H20N4OS/c1-9(8-15-3-5-16-6-4-15)12-7-11-10(2)13-14-17-11/h9,12H,3-8H2,1-2H3. The van der Waals surface area contributed by atoms with E-state index in [0.717, 1.165) is 45.1 Å². The van der Waals surface area contributed by atoms with Gasteiger partial charge in [0.1, 0.15) is 0 Å². The maximum absolute atomic E-state index is 5.34. The largest absolute Gasteiger partial charge is 0.379 e. The summed E-state index contributed by atoms with van der Waals surface area (Å²) < 4.78 is 9.28. The fraction of sp³-hybridized carbons (Fsp3) is 0.818. The Morgan fingerprint density at radius 3 is 2.88 bits per heavy atom. The highest BCUT2D eigenvalue weighted by atomic mass is 32.1. The van der Waals surface area contributed by atoms with Crippen molar-refractivity contribution in [3.8, 4) is 0 Å². The third kappa shape index (κ3) is 3.99. The third-order valence-electron chi connectivity index (χ3n) is 2.99. The highest BCUT2D eigenvalue weighted by Crippen LogP contribution is 2.08. The zero-order valence-electron chi connectivity index (χ0n) is 10.5. The lowest BCUT2D eigenvalue weighted by Gasteiger charge is -2.29. The molecule has 0 spiro atoms. The van der Waals surface area contributed by atoms with E-state index in [4.69, 9.17) is 4.74 Å². The Morgan fingerprint density at radius 2 is 2.24 bits per heavy atom. The van der Waals surface area contributed by atoms with E-state index in [1.54, 1.807) is 0 Å². The molecule has 0 amide bonds. The minimum Gasteiger partial charge on any atom is -0.379 e. The molecule has 1 aliphatic heterocycles. The van der Waals surface area contributed by atoms with Crippen molar-refractivity contribution in [2.24, 2.45) is 0 Å². The highest BCUT2D eigenvalue weighted by molar-refractivity contribution is 7.05. The average Bonchev–Trinajstić information content (AvgIpc) is 2.74. The Labute approximate surface area is 106 Å². The first kappa shape index (κ1) is 12.9. The van der Waals surface area contributed by atoms with Crippen LogP contribution in [0.2, 0.25) is 0 Å². The minimum absolute atomic E-state index is 0.481. The zero-order valence-corrected chi connectivity index (χ0v) is 11.3. The van der Waals surface area contributed by atoms with E-state index in [2.05, 4.69) is 26.7 Å². The van der Waals surface area contributed by atoms with E-state index < -0.39 is 0 Å². The number of morpholine rings is 1. The molecule has 6 heteroatoms. The first-order valence-corrected chi connectivity index (χ1v) is 6.84. The van der Waals surface area contributed by atoms with Crippen LogP contribution in [0.4, 0.5) is 0 Å². The van der Waals surface area contributed by atoms with Crippen LogP contribution in [0.3, 0.4) is 0 Å². The van der Waals surface area contributed by atoms with Gasteiger partial charge in [0.25, 0.3) is 0 Å². The normalized spacial score (nSPS) is 19.4. The molecule has 1 atom stereocenters. The van der Waals surface area contributed by atoms with E-state index in [1.807, 2.05) is 6.92 Å². The molecule has 1 fully saturated rings. The van der Waals surface area contributed by atoms with Gasteiger partial charge in [-0.2, -0.15) is 0 Å². The van der Waals surface area contributed by atoms with Crippen LogP contribution in [0.5, 0.6) is 0 Å². The van der Waals surface area contributed by atoms with E-state index in [1.165, 1.54) is 16.4 Å². The van der Waals surface area contributed by atoms with Gasteiger partial charge in [0.05, 0.1) is 23.8 Å². The molecule has 2 heterocycles. The molecule has 0 radical (unpaired) electrons. The molecular formula is C11H20N4OS. The van der Waals surface area contributed by atoms with E-state index >= 15 is 0 Å². The quantitative estimate of drug-likeness (QED) is 0.838. The second-order valence-corrected chi connectivity index (χ2v) is 5.32. The molecule has 0 aromatic carbocycles. The summed E-state index contributed by atoms with van der Waals surface area (Å²) in [6.45, 7) is 10.0. The predicted octanol–water partition coefficient (Wildman–Crippen LogP) is 0.657. The van der Waals surface area contributed by atoms with Gasteiger partial charge in [0.2, 0.25) is 0 Å². The summed E-state index contributed by atoms with van der Waals surface area (Å²) in [5.41, 5.74) is 1.04. The van der Waals surface area contributed by atoms with Crippen molar-refractivity contribution in [1.29, 1.82) is 0 Å². The maximum Gasteiger partial charge on any atom is 0.0769 e. The monoisotopic (exact) mass is 256 g/mol. The molecule has 5 nitrogen and oxygen atoms in total. The minimum atomic E-state index is 0.481. The van der Waals surface area contributed by atoms with Crippen LogP contribution in [0.1, 0.15) is 17.5 Å². The number of aromatic nitrogens is 2. The third-order valence-corrected chi connectivity index (χ3v) is 3.82. The Kier molecular flexibility index (Phi) is 4.85. The topological polar surface area (TPSA) is 50.3 Å². The summed E-state index contributed by atoms with van der Waals surface area (Å²) in [5.74, 6) is 0. The Bertz CT molecular complexity index is 338. The summed E-state index contributed by atoms with van der Waals surface area (Å²) >= 11 is 1.48. The number of ether oxygens (including phenoxy) is 1. The molecule has 96 valence electrons. The molecule has 1 aromatic heterocycles. The predicted molar refractivity (Wildman–Crippen MR) is 68.2 cm³/mol. The SMILES string of the molecule is Cc1nnsc1CNC(C)CN1CCOCC1. The average molecular weight is 256 g/mol. The summed E-state index contributed by atoms with van der Waals surface area (Å²) in [6.07, 6.45) is 0. The van der Waals surface area contributed by atoms with Crippen LogP contribution in [-0.4, -0.2) is 53.4 Å². The fourth-order valence-corrected chi connectivity index (χ4v) is 2.50. The Hall–Kier alpha value is -0.560. The Balaban J connectivity index is 1.70. The van der Waals surface area contributed by atoms with Crippen LogP contribution < -0.4 is 5.32 Å². The molecule has 1 aromatic rings. The molecular weight excluding hydrogens is 236 g/mol. The van der Waals surface area contributed by atoms with E-state index in [0.29, 0.717) is 6.04 Å². The number of aryl methyl sites for hydroxylation is 1. The number of hydrogen-bond donors (Lipinski definition) is 1. The van der Waals surface area contributed by atoms with Gasteiger partial charge in [-0.3, -0.25) is 4.90 Å². The van der Waals surface area contributed by atoms with Crippen molar-refractivity contribution in [3.05, 3.63) is 10.6 Å². The summed E-state index contributed by atoms with van der Waals surface area (Å²) in [4.78, 5) is 3.68. The van der Waals surface area contributed by atoms with Crippen LogP contribution >= 0.6 is 11.5 Å². The van der Waals surface area contributed by atoms with Crippen molar-refractivity contribution < 1.29 is 4.74 Å². The van der Waals surface area contributed by atoms with Crippen LogP contribution in [0.25, 0.3) is 0 Å². The van der Waals surface area contributed by atoms with Gasteiger partial charge in [0.15, 0.2) is 0 Å². The van der Waals surface area contributed by atoms with Gasteiger partial charge in [-0.25, -0.2) is 0 Å². The van der Waals surface area contributed by atoms with Gasteiger partial charge in [-0.1, -0.05) is 4.49 Å². The molecule has 1 N–H and O–H groups in total. The summed E-state index contributed by atoms with van der Waals surface area (Å²) in [6, 6.07) is 0.481. The molecule has 0 aliphatic carbocycles. The lowest BCUT2D eigenvalue weighted by Crippen LogP contribution is -2.44. The molecule has 2 rings (SSSR count). The Morgan fingerprint density at radius 1 is 1.47 bits per heavy atom. The van der Waals surface area contributed by atoms with Crippen LogP contribution in [0, 0.1) is 6.92 Å². The van der Waals surface area contributed by atoms with E-state index in [-0.39, 0.29) is 0 Å². The number of rotatable bonds is 5. The second kappa shape index (κ2) is 6.39. The molecule has 1 saturated heterocycles. The number of nitrogens with one attached hydrogen (secondary N) is 1.